The number of ether oxygens (including phenoxy) is 1. The number of H-pyrrole nitrogens is 1. The number of fused-ring (bicyclic) bond motifs is 1. The van der Waals surface area contributed by atoms with Crippen LogP contribution in [0, 0.1) is 11.3 Å². The van der Waals surface area contributed by atoms with Gasteiger partial charge in [0.1, 0.15) is 16.8 Å². The average molecular weight is 302 g/mol. The number of hydrogen-bond acceptors (Lipinski definition) is 6. The number of thiophene rings is 1. The predicted octanol–water partition coefficient (Wildman–Crippen LogP) is 1.07. The molecule has 108 valence electrons. The lowest BCUT2D eigenvalue weighted by Crippen LogP contribution is -2.27. The van der Waals surface area contributed by atoms with Crippen LogP contribution in [0.15, 0.2) is 16.9 Å². The first kappa shape index (κ1) is 13.9. The minimum atomic E-state index is -0.112. The summed E-state index contributed by atoms with van der Waals surface area (Å²) in [6.45, 7) is 2.10. The number of rotatable bonds is 4. The Hall–Kier alpha value is -2.01. The summed E-state index contributed by atoms with van der Waals surface area (Å²) in [6.07, 6.45) is 0.683. The second-order valence-electron chi connectivity index (χ2n) is 4.72. The molecule has 3 heterocycles. The summed E-state index contributed by atoms with van der Waals surface area (Å²) in [4.78, 5) is 21.0. The van der Waals surface area contributed by atoms with Crippen molar-refractivity contribution >= 4 is 11.3 Å². The molecule has 0 amide bonds. The van der Waals surface area contributed by atoms with Crippen molar-refractivity contribution in [2.45, 2.75) is 26.1 Å². The molecule has 0 bridgehead atoms. The predicted molar refractivity (Wildman–Crippen MR) is 77.8 cm³/mol. The molecule has 3 rings (SSSR count). The third-order valence-corrected chi connectivity index (χ3v) is 4.23. The van der Waals surface area contributed by atoms with Crippen molar-refractivity contribution in [1.82, 2.24) is 15.3 Å². The van der Waals surface area contributed by atoms with Gasteiger partial charge in [0.25, 0.3) is 5.56 Å². The Morgan fingerprint density at radius 3 is 3.19 bits per heavy atom. The Morgan fingerprint density at radius 1 is 1.48 bits per heavy atom. The topological polar surface area (TPSA) is 90.8 Å². The highest BCUT2D eigenvalue weighted by molar-refractivity contribution is 7.12. The van der Waals surface area contributed by atoms with Crippen molar-refractivity contribution in [2.75, 3.05) is 6.61 Å². The van der Waals surface area contributed by atoms with Gasteiger partial charge in [-0.1, -0.05) is 0 Å². The molecule has 0 radical (unpaired) electrons. The SMILES string of the molecule is N#Cc1ccc(CNCc2nc3c(c(=O)[nH]2)COCC3)s1. The van der Waals surface area contributed by atoms with E-state index in [2.05, 4.69) is 21.4 Å². The van der Waals surface area contributed by atoms with Crippen LogP contribution >= 0.6 is 11.3 Å². The molecule has 0 spiro atoms. The molecule has 2 aromatic heterocycles. The highest BCUT2D eigenvalue weighted by Crippen LogP contribution is 2.15. The van der Waals surface area contributed by atoms with E-state index < -0.39 is 0 Å². The first-order chi connectivity index (χ1) is 10.3. The molecule has 0 unspecified atom stereocenters. The van der Waals surface area contributed by atoms with Crippen LogP contribution in [0.3, 0.4) is 0 Å². The fourth-order valence-electron chi connectivity index (χ4n) is 2.22. The summed E-state index contributed by atoms with van der Waals surface area (Å²) in [5.74, 6) is 0.637. The van der Waals surface area contributed by atoms with Crippen molar-refractivity contribution < 1.29 is 4.74 Å². The molecule has 0 fully saturated rings. The van der Waals surface area contributed by atoms with Crippen LogP contribution < -0.4 is 10.9 Å². The highest BCUT2D eigenvalue weighted by atomic mass is 32.1. The molecule has 7 heteroatoms. The van der Waals surface area contributed by atoms with Gasteiger partial charge in [-0.2, -0.15) is 5.26 Å². The first-order valence-corrected chi connectivity index (χ1v) is 7.46. The Bertz CT molecular complexity index is 744. The van der Waals surface area contributed by atoms with Crippen LogP contribution in [0.5, 0.6) is 0 Å². The fraction of sp³-hybridized carbons (Fsp3) is 0.357. The van der Waals surface area contributed by atoms with Crippen LogP contribution in [0.25, 0.3) is 0 Å². The number of aromatic nitrogens is 2. The molecular weight excluding hydrogens is 288 g/mol. The third kappa shape index (κ3) is 3.19. The molecule has 0 saturated carbocycles. The lowest BCUT2D eigenvalue weighted by molar-refractivity contribution is 0.108. The van der Waals surface area contributed by atoms with E-state index in [1.807, 2.05) is 6.07 Å². The van der Waals surface area contributed by atoms with Gasteiger partial charge in [-0.15, -0.1) is 11.3 Å². The molecule has 1 aliphatic heterocycles. The van der Waals surface area contributed by atoms with Gasteiger partial charge in [0, 0.05) is 17.8 Å². The van der Waals surface area contributed by atoms with Crippen molar-refractivity contribution in [3.05, 3.63) is 49.3 Å². The Labute approximate surface area is 125 Å². The molecule has 0 aromatic carbocycles. The molecule has 2 aromatic rings. The monoisotopic (exact) mass is 302 g/mol. The van der Waals surface area contributed by atoms with Crippen LogP contribution in [0.4, 0.5) is 0 Å². The second kappa shape index (κ2) is 6.18. The summed E-state index contributed by atoms with van der Waals surface area (Å²) < 4.78 is 5.27. The van der Waals surface area contributed by atoms with E-state index in [0.717, 1.165) is 10.6 Å². The Kier molecular flexibility index (Phi) is 4.10. The zero-order valence-electron chi connectivity index (χ0n) is 11.3. The summed E-state index contributed by atoms with van der Waals surface area (Å²) in [6, 6.07) is 5.85. The van der Waals surface area contributed by atoms with E-state index in [-0.39, 0.29) is 5.56 Å². The van der Waals surface area contributed by atoms with Crippen molar-refractivity contribution in [3.8, 4) is 6.07 Å². The summed E-state index contributed by atoms with van der Waals surface area (Å²) in [7, 11) is 0. The van der Waals surface area contributed by atoms with E-state index in [0.29, 0.717) is 49.0 Å². The van der Waals surface area contributed by atoms with Gasteiger partial charge in [0.05, 0.1) is 31.0 Å². The van der Waals surface area contributed by atoms with Gasteiger partial charge in [0.2, 0.25) is 0 Å². The molecule has 6 nitrogen and oxygen atoms in total. The summed E-state index contributed by atoms with van der Waals surface area (Å²) >= 11 is 1.46. The number of nitriles is 1. The molecule has 1 aliphatic rings. The number of nitrogens with zero attached hydrogens (tertiary/aromatic N) is 2. The fourth-order valence-corrected chi connectivity index (χ4v) is 2.99. The van der Waals surface area contributed by atoms with Crippen molar-refractivity contribution in [1.29, 1.82) is 5.26 Å². The minimum Gasteiger partial charge on any atom is -0.376 e. The van der Waals surface area contributed by atoms with Gasteiger partial charge >= 0.3 is 0 Å². The molecule has 2 N–H and O–H groups in total. The van der Waals surface area contributed by atoms with Gasteiger partial charge in [-0.25, -0.2) is 4.98 Å². The first-order valence-electron chi connectivity index (χ1n) is 6.64. The van der Waals surface area contributed by atoms with E-state index in [4.69, 9.17) is 10.00 Å². The van der Waals surface area contributed by atoms with E-state index in [9.17, 15) is 4.79 Å². The Morgan fingerprint density at radius 2 is 2.38 bits per heavy atom. The van der Waals surface area contributed by atoms with Crippen LogP contribution in [-0.4, -0.2) is 16.6 Å². The second-order valence-corrected chi connectivity index (χ2v) is 5.89. The normalized spacial score (nSPS) is 13.7. The van der Waals surface area contributed by atoms with Crippen molar-refractivity contribution in [2.24, 2.45) is 0 Å². The number of aromatic amines is 1. The van der Waals surface area contributed by atoms with Gasteiger partial charge < -0.3 is 15.0 Å². The van der Waals surface area contributed by atoms with Crippen molar-refractivity contribution in [3.63, 3.8) is 0 Å². The van der Waals surface area contributed by atoms with E-state index in [1.165, 1.54) is 11.3 Å². The molecule has 0 aliphatic carbocycles. The molecule has 0 atom stereocenters. The Balaban J connectivity index is 1.64. The lowest BCUT2D eigenvalue weighted by atomic mass is 10.1. The van der Waals surface area contributed by atoms with E-state index >= 15 is 0 Å². The van der Waals surface area contributed by atoms with Crippen LogP contribution in [0.1, 0.15) is 26.8 Å². The standard InChI is InChI=1S/C14H14N4O2S/c15-5-9-1-2-10(21-9)6-16-7-13-17-12-3-4-20-8-11(12)14(19)18-13/h1-2,16H,3-4,6-8H2,(H,17,18,19). The quantitative estimate of drug-likeness (QED) is 0.881. The molecule has 21 heavy (non-hydrogen) atoms. The molecule has 0 saturated heterocycles. The zero-order valence-corrected chi connectivity index (χ0v) is 12.1. The highest BCUT2D eigenvalue weighted by Gasteiger charge is 2.15. The maximum atomic E-state index is 11.9. The zero-order chi connectivity index (χ0) is 14.7. The van der Waals surface area contributed by atoms with E-state index in [1.54, 1.807) is 6.07 Å². The van der Waals surface area contributed by atoms with Crippen LogP contribution in [0.2, 0.25) is 0 Å². The smallest absolute Gasteiger partial charge is 0.256 e. The molecular formula is C14H14N4O2S. The average Bonchev–Trinajstić information content (AvgIpc) is 2.95. The van der Waals surface area contributed by atoms with Gasteiger partial charge in [-0.3, -0.25) is 4.79 Å². The lowest BCUT2D eigenvalue weighted by Gasteiger charge is -2.15. The maximum absolute atomic E-state index is 11.9. The van der Waals surface area contributed by atoms with Gasteiger partial charge in [-0.05, 0) is 12.1 Å². The number of hydrogen-bond donors (Lipinski definition) is 2. The maximum Gasteiger partial charge on any atom is 0.256 e. The third-order valence-electron chi connectivity index (χ3n) is 3.24. The largest absolute Gasteiger partial charge is 0.376 e. The number of nitrogens with one attached hydrogen (secondary N) is 2. The summed E-state index contributed by atoms with van der Waals surface area (Å²) in [5.41, 5.74) is 1.37. The van der Waals surface area contributed by atoms with Gasteiger partial charge in [0.15, 0.2) is 0 Å². The minimum absolute atomic E-state index is 0.112. The summed E-state index contributed by atoms with van der Waals surface area (Å²) in [5, 5.41) is 12.0. The van der Waals surface area contributed by atoms with Crippen LogP contribution in [-0.2, 0) is 30.9 Å².